The highest BCUT2D eigenvalue weighted by atomic mass is 16.5. The average molecular weight is 152 g/mol. The molecule has 0 bridgehead atoms. The molecular formula is C9H12O2. The second-order valence-corrected chi connectivity index (χ2v) is 1.85. The van der Waals surface area contributed by atoms with Gasteiger partial charge in [-0.25, -0.2) is 0 Å². The molecular weight excluding hydrogens is 140 g/mol. The lowest BCUT2D eigenvalue weighted by Crippen LogP contribution is -1.88. The van der Waals surface area contributed by atoms with Crippen molar-refractivity contribution in [1.82, 2.24) is 0 Å². The van der Waals surface area contributed by atoms with Gasteiger partial charge in [0.15, 0.2) is 0 Å². The Labute approximate surface area is 66.9 Å². The Morgan fingerprint density at radius 3 is 2.36 bits per heavy atom. The van der Waals surface area contributed by atoms with Crippen molar-refractivity contribution in [3.63, 3.8) is 0 Å². The lowest BCUT2D eigenvalue weighted by atomic mass is 10.4. The van der Waals surface area contributed by atoms with Crippen LogP contribution in [0.15, 0.2) is 36.6 Å². The van der Waals surface area contributed by atoms with Gasteiger partial charge in [0, 0.05) is 6.92 Å². The normalized spacial score (nSPS) is 11.8. The Bertz CT molecular complexity index is 188. The standard InChI is InChI=1S/C9H12O2/c1-3-4-5-6-7-8-11-9(2)10/h3-8H,1-2H3/b4-3-,6-5-,8-7+. The van der Waals surface area contributed by atoms with Crippen LogP contribution in [0.3, 0.4) is 0 Å². The molecule has 2 nitrogen and oxygen atoms in total. The van der Waals surface area contributed by atoms with E-state index in [0.29, 0.717) is 0 Å². The molecule has 0 aromatic rings. The molecule has 0 saturated heterocycles. The number of rotatable bonds is 3. The predicted molar refractivity (Wildman–Crippen MR) is 44.9 cm³/mol. The van der Waals surface area contributed by atoms with Crippen molar-refractivity contribution in [2.75, 3.05) is 0 Å². The first-order chi connectivity index (χ1) is 5.27. The fourth-order valence-electron chi connectivity index (χ4n) is 0.420. The molecule has 0 saturated carbocycles. The second-order valence-electron chi connectivity index (χ2n) is 1.85. The first-order valence-electron chi connectivity index (χ1n) is 3.39. The molecule has 0 aliphatic rings. The molecule has 0 aromatic heterocycles. The van der Waals surface area contributed by atoms with E-state index >= 15 is 0 Å². The number of ether oxygens (including phenoxy) is 1. The minimum Gasteiger partial charge on any atom is -0.435 e. The van der Waals surface area contributed by atoms with Crippen LogP contribution in [0.5, 0.6) is 0 Å². The molecule has 0 atom stereocenters. The summed E-state index contributed by atoms with van der Waals surface area (Å²) >= 11 is 0. The molecule has 0 radical (unpaired) electrons. The zero-order chi connectivity index (χ0) is 8.53. The van der Waals surface area contributed by atoms with E-state index in [1.165, 1.54) is 13.2 Å². The Hall–Kier alpha value is -1.31. The Morgan fingerprint density at radius 1 is 1.18 bits per heavy atom. The van der Waals surface area contributed by atoms with Crippen LogP contribution in [0.25, 0.3) is 0 Å². The summed E-state index contributed by atoms with van der Waals surface area (Å²) in [5, 5.41) is 0. The largest absolute Gasteiger partial charge is 0.435 e. The van der Waals surface area contributed by atoms with E-state index < -0.39 is 0 Å². The highest BCUT2D eigenvalue weighted by Crippen LogP contribution is 1.82. The van der Waals surface area contributed by atoms with E-state index in [9.17, 15) is 4.79 Å². The van der Waals surface area contributed by atoms with Gasteiger partial charge in [0.05, 0.1) is 6.26 Å². The Balaban J connectivity index is 3.51. The molecule has 60 valence electrons. The van der Waals surface area contributed by atoms with E-state index in [-0.39, 0.29) is 5.97 Å². The van der Waals surface area contributed by atoms with Crippen LogP contribution in [-0.4, -0.2) is 5.97 Å². The summed E-state index contributed by atoms with van der Waals surface area (Å²) in [6.07, 6.45) is 10.4. The fraction of sp³-hybridized carbons (Fsp3) is 0.222. The summed E-state index contributed by atoms with van der Waals surface area (Å²) < 4.78 is 4.53. The maximum Gasteiger partial charge on any atom is 0.307 e. The SMILES string of the molecule is C\C=C/C=C\C=C\OC(C)=O. The van der Waals surface area contributed by atoms with Crippen molar-refractivity contribution in [1.29, 1.82) is 0 Å². The summed E-state index contributed by atoms with van der Waals surface area (Å²) in [6, 6.07) is 0. The first-order valence-corrected chi connectivity index (χ1v) is 3.39. The van der Waals surface area contributed by atoms with Crippen LogP contribution >= 0.6 is 0 Å². The molecule has 0 fully saturated rings. The van der Waals surface area contributed by atoms with E-state index in [1.54, 1.807) is 12.2 Å². The van der Waals surface area contributed by atoms with Crippen LogP contribution in [0.4, 0.5) is 0 Å². The van der Waals surface area contributed by atoms with E-state index in [2.05, 4.69) is 4.74 Å². The first kappa shape index (κ1) is 9.69. The molecule has 0 aliphatic heterocycles. The average Bonchev–Trinajstić information content (AvgIpc) is 1.96. The van der Waals surface area contributed by atoms with Gasteiger partial charge in [-0.1, -0.05) is 24.3 Å². The molecule has 0 amide bonds. The van der Waals surface area contributed by atoms with Gasteiger partial charge < -0.3 is 4.74 Å². The fourth-order valence-corrected chi connectivity index (χ4v) is 0.420. The topological polar surface area (TPSA) is 26.3 Å². The molecule has 0 rings (SSSR count). The van der Waals surface area contributed by atoms with Crippen molar-refractivity contribution in [2.45, 2.75) is 13.8 Å². The van der Waals surface area contributed by atoms with Gasteiger partial charge in [-0.15, -0.1) is 0 Å². The molecule has 0 aromatic carbocycles. The van der Waals surface area contributed by atoms with Crippen molar-refractivity contribution >= 4 is 5.97 Å². The smallest absolute Gasteiger partial charge is 0.307 e. The zero-order valence-corrected chi connectivity index (χ0v) is 6.78. The quantitative estimate of drug-likeness (QED) is 0.352. The summed E-state index contributed by atoms with van der Waals surface area (Å²) in [6.45, 7) is 3.29. The third kappa shape index (κ3) is 8.69. The molecule has 0 heterocycles. The van der Waals surface area contributed by atoms with E-state index in [1.807, 2.05) is 25.2 Å². The van der Waals surface area contributed by atoms with Gasteiger partial charge in [0.2, 0.25) is 0 Å². The van der Waals surface area contributed by atoms with Crippen LogP contribution in [0.2, 0.25) is 0 Å². The lowest BCUT2D eigenvalue weighted by molar-refractivity contribution is -0.135. The van der Waals surface area contributed by atoms with Crippen molar-refractivity contribution in [3.8, 4) is 0 Å². The minimum atomic E-state index is -0.305. The number of carbonyl (C=O) groups excluding carboxylic acids is 1. The lowest BCUT2D eigenvalue weighted by Gasteiger charge is -1.86. The maximum atomic E-state index is 10.2. The summed E-state index contributed by atoms with van der Waals surface area (Å²) in [4.78, 5) is 10.2. The van der Waals surface area contributed by atoms with E-state index in [4.69, 9.17) is 0 Å². The third-order valence-electron chi connectivity index (χ3n) is 0.838. The van der Waals surface area contributed by atoms with Gasteiger partial charge >= 0.3 is 5.97 Å². The van der Waals surface area contributed by atoms with Crippen molar-refractivity contribution in [3.05, 3.63) is 36.6 Å². The van der Waals surface area contributed by atoms with E-state index in [0.717, 1.165) is 0 Å². The van der Waals surface area contributed by atoms with Crippen LogP contribution in [0.1, 0.15) is 13.8 Å². The zero-order valence-electron chi connectivity index (χ0n) is 6.78. The number of hydrogen-bond donors (Lipinski definition) is 0. The van der Waals surface area contributed by atoms with Crippen LogP contribution < -0.4 is 0 Å². The Morgan fingerprint density at radius 2 is 1.82 bits per heavy atom. The van der Waals surface area contributed by atoms with Gasteiger partial charge in [-0.3, -0.25) is 4.79 Å². The summed E-state index contributed by atoms with van der Waals surface area (Å²) in [5.74, 6) is -0.305. The molecule has 0 aliphatic carbocycles. The van der Waals surface area contributed by atoms with Gasteiger partial charge in [0.25, 0.3) is 0 Å². The van der Waals surface area contributed by atoms with Crippen LogP contribution in [0, 0.1) is 0 Å². The third-order valence-corrected chi connectivity index (χ3v) is 0.838. The maximum absolute atomic E-state index is 10.2. The van der Waals surface area contributed by atoms with Crippen LogP contribution in [-0.2, 0) is 9.53 Å². The van der Waals surface area contributed by atoms with Gasteiger partial charge in [0.1, 0.15) is 0 Å². The Kier molecular flexibility index (Phi) is 5.99. The monoisotopic (exact) mass is 152 g/mol. The van der Waals surface area contributed by atoms with Crippen molar-refractivity contribution < 1.29 is 9.53 Å². The number of allylic oxidation sites excluding steroid dienone is 5. The van der Waals surface area contributed by atoms with Crippen molar-refractivity contribution in [2.24, 2.45) is 0 Å². The molecule has 0 N–H and O–H groups in total. The summed E-state index contributed by atoms with van der Waals surface area (Å²) in [5.41, 5.74) is 0. The molecule has 11 heavy (non-hydrogen) atoms. The number of esters is 1. The molecule has 2 heteroatoms. The van der Waals surface area contributed by atoms with Gasteiger partial charge in [-0.05, 0) is 13.0 Å². The van der Waals surface area contributed by atoms with Gasteiger partial charge in [-0.2, -0.15) is 0 Å². The number of hydrogen-bond acceptors (Lipinski definition) is 2. The highest BCUT2D eigenvalue weighted by molar-refractivity contribution is 5.66. The number of carbonyl (C=O) groups is 1. The summed E-state index contributed by atoms with van der Waals surface area (Å²) in [7, 11) is 0. The highest BCUT2D eigenvalue weighted by Gasteiger charge is 1.81. The molecule has 0 spiro atoms. The minimum absolute atomic E-state index is 0.305. The predicted octanol–water partition coefficient (Wildman–Crippen LogP) is 2.20. The molecule has 0 unspecified atom stereocenters. The second kappa shape index (κ2) is 6.81.